The lowest BCUT2D eigenvalue weighted by Gasteiger charge is -2.33. The van der Waals surface area contributed by atoms with Crippen LogP contribution in [0.25, 0.3) is 11.0 Å². The maximum Gasteiger partial charge on any atom is 0.191 e. The molecule has 5 nitrogen and oxygen atoms in total. The number of piperidine rings is 1. The summed E-state index contributed by atoms with van der Waals surface area (Å²) in [7, 11) is 0. The number of nitrogens with zero attached hydrogens (tertiary/aromatic N) is 2. The maximum atomic E-state index is 5.87. The largest absolute Gasteiger partial charge is 0.459 e. The second-order valence-electron chi connectivity index (χ2n) is 6.80. The van der Waals surface area contributed by atoms with Crippen LogP contribution in [0.1, 0.15) is 25.5 Å². The fraction of sp³-hybridized carbons (Fsp3) is 0.381. The van der Waals surface area contributed by atoms with Crippen molar-refractivity contribution in [1.82, 2.24) is 10.6 Å². The molecule has 27 heavy (non-hydrogen) atoms. The average molecular weight is 383 g/mol. The van der Waals surface area contributed by atoms with E-state index in [0.717, 1.165) is 55.2 Å². The van der Waals surface area contributed by atoms with Gasteiger partial charge in [0.15, 0.2) is 5.96 Å². The minimum atomic E-state index is 0.453. The molecule has 1 saturated heterocycles. The van der Waals surface area contributed by atoms with Crippen LogP contribution in [-0.4, -0.2) is 31.6 Å². The molecule has 4 rings (SSSR count). The van der Waals surface area contributed by atoms with Gasteiger partial charge in [-0.05, 0) is 49.4 Å². The van der Waals surface area contributed by atoms with Crippen LogP contribution in [0.3, 0.4) is 0 Å². The molecule has 3 aromatic rings. The summed E-state index contributed by atoms with van der Waals surface area (Å²) in [6.45, 7) is 5.65. The van der Waals surface area contributed by atoms with Crippen LogP contribution < -0.4 is 15.5 Å². The molecule has 2 N–H and O–H groups in total. The molecule has 0 aliphatic carbocycles. The zero-order valence-corrected chi connectivity index (χ0v) is 16.5. The molecule has 6 heteroatoms. The monoisotopic (exact) mass is 382 g/mol. The van der Waals surface area contributed by atoms with Gasteiger partial charge < -0.3 is 20.0 Å². The van der Waals surface area contributed by atoms with Gasteiger partial charge in [-0.1, -0.05) is 18.2 Å². The van der Waals surface area contributed by atoms with Crippen molar-refractivity contribution < 1.29 is 4.42 Å². The zero-order valence-electron chi connectivity index (χ0n) is 15.6. The number of nitrogens with one attached hydrogen (secondary N) is 2. The summed E-state index contributed by atoms with van der Waals surface area (Å²) in [5, 5.41) is 11.6. The number of aliphatic imine (C=N–C) groups is 1. The van der Waals surface area contributed by atoms with E-state index in [1.165, 1.54) is 5.00 Å². The Morgan fingerprint density at radius 2 is 2.07 bits per heavy atom. The van der Waals surface area contributed by atoms with Crippen LogP contribution in [0.5, 0.6) is 0 Å². The predicted octanol–water partition coefficient (Wildman–Crippen LogP) is 4.22. The third-order valence-corrected chi connectivity index (χ3v) is 5.80. The van der Waals surface area contributed by atoms with Crippen LogP contribution in [0.4, 0.5) is 5.00 Å². The third kappa shape index (κ3) is 4.45. The Balaban J connectivity index is 1.35. The highest BCUT2D eigenvalue weighted by atomic mass is 32.1. The van der Waals surface area contributed by atoms with E-state index in [9.17, 15) is 0 Å². The number of anilines is 1. The van der Waals surface area contributed by atoms with Crippen LogP contribution in [0, 0.1) is 0 Å². The Labute approximate surface area is 164 Å². The second-order valence-corrected chi connectivity index (χ2v) is 7.73. The Bertz CT molecular complexity index is 846. The summed E-state index contributed by atoms with van der Waals surface area (Å²) in [6, 6.07) is 14.9. The summed E-state index contributed by atoms with van der Waals surface area (Å²) in [6.07, 6.45) is 2.24. The number of furan rings is 1. The van der Waals surface area contributed by atoms with E-state index in [-0.39, 0.29) is 0 Å². The molecule has 0 saturated carbocycles. The fourth-order valence-electron chi connectivity index (χ4n) is 3.48. The van der Waals surface area contributed by atoms with Crippen LogP contribution >= 0.6 is 11.3 Å². The lowest BCUT2D eigenvalue weighted by Crippen LogP contribution is -2.48. The molecular weight excluding hydrogens is 356 g/mol. The molecule has 1 fully saturated rings. The normalized spacial score (nSPS) is 16.0. The number of fused-ring (bicyclic) bond motifs is 1. The molecule has 3 heterocycles. The summed E-state index contributed by atoms with van der Waals surface area (Å²) < 4.78 is 5.87. The van der Waals surface area contributed by atoms with Crippen LogP contribution in [0.15, 0.2) is 57.3 Å². The number of thiophene rings is 1. The number of rotatable bonds is 5. The molecule has 0 radical (unpaired) electrons. The first-order chi connectivity index (χ1) is 13.3. The highest BCUT2D eigenvalue weighted by molar-refractivity contribution is 7.14. The van der Waals surface area contributed by atoms with Crippen molar-refractivity contribution in [2.24, 2.45) is 4.99 Å². The molecule has 0 bridgehead atoms. The van der Waals surface area contributed by atoms with Gasteiger partial charge in [0.05, 0.1) is 5.00 Å². The van der Waals surface area contributed by atoms with Crippen molar-refractivity contribution in [3.05, 3.63) is 53.6 Å². The topological polar surface area (TPSA) is 52.8 Å². The van der Waals surface area contributed by atoms with Crippen molar-refractivity contribution in [3.8, 4) is 0 Å². The molecule has 0 spiro atoms. The Kier molecular flexibility index (Phi) is 5.63. The second kappa shape index (κ2) is 8.48. The molecule has 1 aliphatic heterocycles. The van der Waals surface area contributed by atoms with Crippen molar-refractivity contribution in [1.29, 1.82) is 0 Å². The molecule has 1 aromatic carbocycles. The first-order valence-electron chi connectivity index (χ1n) is 9.62. The maximum absolute atomic E-state index is 5.87. The molecule has 2 aromatic heterocycles. The summed E-state index contributed by atoms with van der Waals surface area (Å²) >= 11 is 1.82. The van der Waals surface area contributed by atoms with Gasteiger partial charge in [-0.15, -0.1) is 11.3 Å². The van der Waals surface area contributed by atoms with Gasteiger partial charge in [0.2, 0.25) is 0 Å². The van der Waals surface area contributed by atoms with Crippen molar-refractivity contribution >= 4 is 33.3 Å². The van der Waals surface area contributed by atoms with Crippen molar-refractivity contribution in [2.45, 2.75) is 32.4 Å². The van der Waals surface area contributed by atoms with Gasteiger partial charge in [0.25, 0.3) is 0 Å². The van der Waals surface area contributed by atoms with E-state index in [0.29, 0.717) is 12.6 Å². The lowest BCUT2D eigenvalue weighted by molar-refractivity contribution is 0.462. The standard InChI is InChI=1S/C21H26N4OS/c1-2-22-21(23-15-18-14-16-6-3-4-7-19(16)26-18)24-17-9-11-25(12-10-17)20-8-5-13-27-20/h3-8,13-14,17H,2,9-12,15H2,1H3,(H2,22,23,24). The number of hydrogen-bond acceptors (Lipinski definition) is 4. The summed E-state index contributed by atoms with van der Waals surface area (Å²) in [5.74, 6) is 1.76. The molecule has 0 atom stereocenters. The van der Waals surface area contributed by atoms with E-state index in [4.69, 9.17) is 9.41 Å². The molecule has 142 valence electrons. The zero-order chi connectivity index (χ0) is 18.5. The van der Waals surface area contributed by atoms with E-state index in [1.54, 1.807) is 0 Å². The number of benzene rings is 1. The Morgan fingerprint density at radius 1 is 1.22 bits per heavy atom. The van der Waals surface area contributed by atoms with Crippen molar-refractivity contribution in [2.75, 3.05) is 24.5 Å². The van der Waals surface area contributed by atoms with E-state index < -0.39 is 0 Å². The quantitative estimate of drug-likeness (QED) is 0.512. The lowest BCUT2D eigenvalue weighted by atomic mass is 10.1. The molecule has 1 aliphatic rings. The highest BCUT2D eigenvalue weighted by Gasteiger charge is 2.20. The Hall–Kier alpha value is -2.47. The van der Waals surface area contributed by atoms with Gasteiger partial charge in [0.1, 0.15) is 17.9 Å². The molecule has 0 amide bonds. The van der Waals surface area contributed by atoms with Crippen molar-refractivity contribution in [3.63, 3.8) is 0 Å². The van der Waals surface area contributed by atoms with E-state index in [1.807, 2.05) is 29.5 Å². The number of guanidine groups is 1. The van der Waals surface area contributed by atoms with E-state index >= 15 is 0 Å². The van der Waals surface area contributed by atoms with Crippen LogP contribution in [0.2, 0.25) is 0 Å². The highest BCUT2D eigenvalue weighted by Crippen LogP contribution is 2.25. The summed E-state index contributed by atoms with van der Waals surface area (Å²) in [5.41, 5.74) is 0.918. The fourth-order valence-corrected chi connectivity index (χ4v) is 4.26. The number of para-hydroxylation sites is 1. The molecule has 0 unspecified atom stereocenters. The van der Waals surface area contributed by atoms with Gasteiger partial charge in [-0.25, -0.2) is 4.99 Å². The first kappa shape index (κ1) is 17.9. The van der Waals surface area contributed by atoms with Crippen LogP contribution in [-0.2, 0) is 6.54 Å². The smallest absolute Gasteiger partial charge is 0.191 e. The van der Waals surface area contributed by atoms with Gasteiger partial charge in [-0.3, -0.25) is 0 Å². The van der Waals surface area contributed by atoms with Gasteiger partial charge in [-0.2, -0.15) is 0 Å². The minimum Gasteiger partial charge on any atom is -0.459 e. The summed E-state index contributed by atoms with van der Waals surface area (Å²) in [4.78, 5) is 7.20. The third-order valence-electron chi connectivity index (χ3n) is 4.87. The van der Waals surface area contributed by atoms with E-state index in [2.05, 4.69) is 52.1 Å². The average Bonchev–Trinajstić information content (AvgIpc) is 3.36. The minimum absolute atomic E-state index is 0.453. The molecular formula is C21H26N4OS. The number of hydrogen-bond donors (Lipinski definition) is 2. The van der Waals surface area contributed by atoms with Gasteiger partial charge >= 0.3 is 0 Å². The Morgan fingerprint density at radius 3 is 2.81 bits per heavy atom. The predicted molar refractivity (Wildman–Crippen MR) is 114 cm³/mol. The SMILES string of the molecule is CCNC(=NCc1cc2ccccc2o1)NC1CCN(c2cccs2)CC1. The first-order valence-corrected chi connectivity index (χ1v) is 10.5. The van der Waals surface area contributed by atoms with Gasteiger partial charge in [0, 0.05) is 31.1 Å².